The van der Waals surface area contributed by atoms with E-state index in [2.05, 4.69) is 0 Å². The minimum absolute atomic E-state index is 0.455. The van der Waals surface area contributed by atoms with Crippen molar-refractivity contribution in [2.24, 2.45) is 5.73 Å². The number of hydrogen-bond donors (Lipinski definition) is 1. The van der Waals surface area contributed by atoms with E-state index in [1.54, 1.807) is 12.1 Å². The van der Waals surface area contributed by atoms with Gasteiger partial charge in [0.2, 0.25) is 5.75 Å². The summed E-state index contributed by atoms with van der Waals surface area (Å²) in [4.78, 5) is 11.9. The molecule has 8 nitrogen and oxygen atoms in total. The molecule has 1 fully saturated rings. The zero-order valence-electron chi connectivity index (χ0n) is 13.0. The molecule has 0 radical (unpaired) electrons. The minimum Gasteiger partial charge on any atom is -0.493 e. The number of hydrazine groups is 1. The first-order valence-electron chi connectivity index (χ1n) is 6.84. The molecular formula is C14H21N3O5. The molecule has 2 N–H and O–H groups in total. The van der Waals surface area contributed by atoms with Crippen LogP contribution in [-0.4, -0.2) is 58.7 Å². The number of nitrogens with two attached hydrogens (primary N) is 1. The second kappa shape index (κ2) is 7.19. The van der Waals surface area contributed by atoms with Crippen molar-refractivity contribution in [1.82, 2.24) is 5.01 Å². The van der Waals surface area contributed by atoms with Gasteiger partial charge >= 0.3 is 6.03 Å². The summed E-state index contributed by atoms with van der Waals surface area (Å²) in [6.45, 7) is 2.21. The fourth-order valence-corrected chi connectivity index (χ4v) is 2.37. The summed E-state index contributed by atoms with van der Waals surface area (Å²) in [6.07, 6.45) is 0. The molecule has 22 heavy (non-hydrogen) atoms. The fourth-order valence-electron chi connectivity index (χ4n) is 2.37. The number of morpholine rings is 1. The van der Waals surface area contributed by atoms with Gasteiger partial charge in [-0.2, -0.15) is 0 Å². The largest absolute Gasteiger partial charge is 0.493 e. The second-order valence-electron chi connectivity index (χ2n) is 4.60. The van der Waals surface area contributed by atoms with Crippen molar-refractivity contribution in [1.29, 1.82) is 0 Å². The normalized spacial score (nSPS) is 15.2. The zero-order valence-corrected chi connectivity index (χ0v) is 13.0. The van der Waals surface area contributed by atoms with Gasteiger partial charge in [0.15, 0.2) is 11.5 Å². The van der Waals surface area contributed by atoms with Gasteiger partial charge in [0.05, 0.1) is 40.2 Å². The first kappa shape index (κ1) is 16.2. The summed E-state index contributed by atoms with van der Waals surface area (Å²) in [5.74, 6) is 1.37. The van der Waals surface area contributed by atoms with E-state index in [0.717, 1.165) is 0 Å². The van der Waals surface area contributed by atoms with E-state index >= 15 is 0 Å². The smallest absolute Gasteiger partial charge is 0.334 e. The number of ether oxygens (including phenoxy) is 4. The first-order valence-corrected chi connectivity index (χ1v) is 6.84. The summed E-state index contributed by atoms with van der Waals surface area (Å²) in [6, 6.07) is 2.78. The Labute approximate surface area is 129 Å². The molecule has 1 aromatic rings. The predicted octanol–water partition coefficient (Wildman–Crippen LogP) is 0.845. The summed E-state index contributed by atoms with van der Waals surface area (Å²) in [7, 11) is 4.56. The molecule has 1 saturated heterocycles. The monoisotopic (exact) mass is 311 g/mol. The van der Waals surface area contributed by atoms with E-state index in [1.807, 2.05) is 5.01 Å². The Kier molecular flexibility index (Phi) is 5.29. The van der Waals surface area contributed by atoms with Crippen LogP contribution < -0.4 is 25.0 Å². The Bertz CT molecular complexity index is 506. The van der Waals surface area contributed by atoms with E-state index in [9.17, 15) is 4.79 Å². The number of carbonyl (C=O) groups excluding carboxylic acids is 1. The summed E-state index contributed by atoms with van der Waals surface area (Å²) < 4.78 is 21.2. The lowest BCUT2D eigenvalue weighted by molar-refractivity contribution is 0.0364. The first-order chi connectivity index (χ1) is 10.6. The second-order valence-corrected chi connectivity index (χ2v) is 4.60. The third-order valence-electron chi connectivity index (χ3n) is 3.37. The van der Waals surface area contributed by atoms with Crippen LogP contribution in [0.25, 0.3) is 0 Å². The van der Waals surface area contributed by atoms with Crippen LogP contribution >= 0.6 is 0 Å². The molecule has 0 aromatic heterocycles. The number of anilines is 1. The Morgan fingerprint density at radius 1 is 1.14 bits per heavy atom. The quantitative estimate of drug-likeness (QED) is 0.867. The highest BCUT2D eigenvalue weighted by molar-refractivity contribution is 5.90. The number of rotatable bonds is 5. The molecule has 2 rings (SSSR count). The number of methoxy groups -OCH3 is 3. The van der Waals surface area contributed by atoms with Crippen molar-refractivity contribution in [3.63, 3.8) is 0 Å². The molecule has 1 heterocycles. The van der Waals surface area contributed by atoms with E-state index in [1.165, 1.54) is 26.3 Å². The molecule has 0 saturated carbocycles. The van der Waals surface area contributed by atoms with E-state index in [0.29, 0.717) is 49.2 Å². The van der Waals surface area contributed by atoms with Crippen LogP contribution in [0.3, 0.4) is 0 Å². The van der Waals surface area contributed by atoms with Crippen LogP contribution in [0, 0.1) is 0 Å². The number of benzene rings is 1. The minimum atomic E-state index is -0.587. The Morgan fingerprint density at radius 2 is 1.68 bits per heavy atom. The van der Waals surface area contributed by atoms with Gasteiger partial charge in [-0.1, -0.05) is 0 Å². The third-order valence-corrected chi connectivity index (χ3v) is 3.37. The highest BCUT2D eigenvalue weighted by atomic mass is 16.5. The maximum atomic E-state index is 11.9. The third kappa shape index (κ3) is 3.18. The van der Waals surface area contributed by atoms with Gasteiger partial charge in [-0.3, -0.25) is 0 Å². The molecule has 0 atom stereocenters. The van der Waals surface area contributed by atoms with E-state index in [4.69, 9.17) is 24.7 Å². The molecule has 0 aliphatic carbocycles. The number of hydrogen-bond acceptors (Lipinski definition) is 6. The maximum Gasteiger partial charge on any atom is 0.334 e. The molecule has 0 unspecified atom stereocenters. The van der Waals surface area contributed by atoms with Gasteiger partial charge in [-0.05, 0) is 0 Å². The summed E-state index contributed by atoms with van der Waals surface area (Å²) >= 11 is 0. The molecule has 1 aliphatic heterocycles. The fraction of sp³-hybridized carbons (Fsp3) is 0.500. The Morgan fingerprint density at radius 3 is 2.09 bits per heavy atom. The Hall–Kier alpha value is -2.19. The molecule has 122 valence electrons. The van der Waals surface area contributed by atoms with E-state index in [-0.39, 0.29) is 0 Å². The van der Waals surface area contributed by atoms with Gasteiger partial charge in [0, 0.05) is 25.2 Å². The van der Waals surface area contributed by atoms with Crippen molar-refractivity contribution in [3.8, 4) is 17.2 Å². The molecule has 8 heteroatoms. The summed E-state index contributed by atoms with van der Waals surface area (Å²) in [5, 5.41) is 3.22. The van der Waals surface area contributed by atoms with Gasteiger partial charge in [-0.25, -0.2) is 14.8 Å². The van der Waals surface area contributed by atoms with Crippen molar-refractivity contribution in [2.75, 3.05) is 52.6 Å². The molecule has 1 aromatic carbocycles. The number of primary amides is 1. The van der Waals surface area contributed by atoms with Crippen molar-refractivity contribution in [3.05, 3.63) is 12.1 Å². The van der Waals surface area contributed by atoms with Crippen LogP contribution in [0.4, 0.5) is 10.5 Å². The SMILES string of the molecule is COc1cc(N(C(N)=O)N2CCOCC2)cc(OC)c1OC. The number of nitrogens with zero attached hydrogens (tertiary/aromatic N) is 2. The van der Waals surface area contributed by atoms with Crippen molar-refractivity contribution < 1.29 is 23.7 Å². The van der Waals surface area contributed by atoms with Crippen LogP contribution in [0.5, 0.6) is 17.2 Å². The molecule has 1 aliphatic rings. The van der Waals surface area contributed by atoms with Crippen molar-refractivity contribution >= 4 is 11.7 Å². The zero-order chi connectivity index (χ0) is 16.1. The Balaban J connectivity index is 2.44. The lowest BCUT2D eigenvalue weighted by Gasteiger charge is -2.36. The number of carbonyl (C=O) groups is 1. The van der Waals surface area contributed by atoms with Crippen LogP contribution in [0.2, 0.25) is 0 Å². The highest BCUT2D eigenvalue weighted by Crippen LogP contribution is 2.41. The van der Waals surface area contributed by atoms with Crippen LogP contribution in [0.1, 0.15) is 0 Å². The molecular weight excluding hydrogens is 290 g/mol. The molecule has 2 amide bonds. The van der Waals surface area contributed by atoms with Gasteiger partial charge < -0.3 is 24.7 Å². The standard InChI is InChI=1S/C14H21N3O5/c1-19-11-8-10(9-12(20-2)13(11)21-3)17(14(15)18)16-4-6-22-7-5-16/h8-9H,4-7H2,1-3H3,(H2,15,18). The topological polar surface area (TPSA) is 86.5 Å². The lowest BCUT2D eigenvalue weighted by atomic mass is 10.2. The highest BCUT2D eigenvalue weighted by Gasteiger charge is 2.26. The predicted molar refractivity (Wildman–Crippen MR) is 80.6 cm³/mol. The maximum absolute atomic E-state index is 11.9. The lowest BCUT2D eigenvalue weighted by Crippen LogP contribution is -2.53. The van der Waals surface area contributed by atoms with Gasteiger partial charge in [0.1, 0.15) is 0 Å². The van der Waals surface area contributed by atoms with Gasteiger partial charge in [-0.15, -0.1) is 0 Å². The summed E-state index contributed by atoms with van der Waals surface area (Å²) in [5.41, 5.74) is 6.09. The van der Waals surface area contributed by atoms with E-state index < -0.39 is 6.03 Å². The average molecular weight is 311 g/mol. The van der Waals surface area contributed by atoms with Gasteiger partial charge in [0.25, 0.3) is 0 Å². The van der Waals surface area contributed by atoms with Crippen molar-refractivity contribution in [2.45, 2.75) is 0 Å². The molecule has 0 bridgehead atoms. The molecule has 0 spiro atoms. The average Bonchev–Trinajstić information content (AvgIpc) is 2.54. The number of urea groups is 1. The number of amides is 2. The van der Waals surface area contributed by atoms with Crippen LogP contribution in [0.15, 0.2) is 12.1 Å². The van der Waals surface area contributed by atoms with Crippen LogP contribution in [-0.2, 0) is 4.74 Å².